The minimum absolute atomic E-state index is 0.00914. The van der Waals surface area contributed by atoms with Gasteiger partial charge >= 0.3 is 0 Å². The lowest BCUT2D eigenvalue weighted by Gasteiger charge is -2.09. The van der Waals surface area contributed by atoms with Crippen molar-refractivity contribution in [1.82, 2.24) is 0 Å². The molecule has 0 aromatic rings. The van der Waals surface area contributed by atoms with Crippen molar-refractivity contribution >= 4 is 10.1 Å². The van der Waals surface area contributed by atoms with Crippen LogP contribution in [-0.4, -0.2) is 38.5 Å². The molecule has 13 heavy (non-hydrogen) atoms. The Bertz CT molecular complexity index is 264. The highest BCUT2D eigenvalue weighted by molar-refractivity contribution is 7.86. The molecule has 1 aliphatic carbocycles. The summed E-state index contributed by atoms with van der Waals surface area (Å²) in [6, 6.07) is -0.156. The van der Waals surface area contributed by atoms with Crippen LogP contribution >= 0.6 is 0 Å². The largest absolute Gasteiger partial charge is 0.396 e. The fraction of sp³-hybridized carbons (Fsp3) is 1.00. The van der Waals surface area contributed by atoms with Crippen molar-refractivity contribution < 1.29 is 17.7 Å². The second kappa shape index (κ2) is 3.91. The summed E-state index contributed by atoms with van der Waals surface area (Å²) in [7, 11) is -3.40. The zero-order valence-corrected chi connectivity index (χ0v) is 8.33. The van der Waals surface area contributed by atoms with E-state index in [-0.39, 0.29) is 24.7 Å². The van der Waals surface area contributed by atoms with Gasteiger partial charge in [0.05, 0.1) is 12.4 Å². The number of rotatable bonds is 3. The van der Waals surface area contributed by atoms with Crippen LogP contribution in [0, 0.1) is 5.92 Å². The summed E-state index contributed by atoms with van der Waals surface area (Å²) < 4.78 is 26.3. The predicted octanol–water partition coefficient (Wildman–Crippen LogP) is -0.939. The van der Waals surface area contributed by atoms with Crippen LogP contribution in [0.25, 0.3) is 0 Å². The number of aliphatic hydroxyl groups is 1. The van der Waals surface area contributed by atoms with Gasteiger partial charge in [-0.1, -0.05) is 0 Å². The van der Waals surface area contributed by atoms with E-state index in [9.17, 15) is 8.42 Å². The Morgan fingerprint density at radius 2 is 2.15 bits per heavy atom. The molecule has 0 saturated heterocycles. The van der Waals surface area contributed by atoms with Crippen LogP contribution in [0.4, 0.5) is 0 Å². The number of hydrogen-bond donors (Lipinski definition) is 2. The van der Waals surface area contributed by atoms with Crippen molar-refractivity contribution in [2.75, 3.05) is 12.9 Å². The van der Waals surface area contributed by atoms with E-state index in [1.807, 2.05) is 0 Å². The Balaban J connectivity index is 2.49. The Labute approximate surface area is 78.0 Å². The first kappa shape index (κ1) is 10.9. The molecular weight excluding hydrogens is 194 g/mol. The Kier molecular flexibility index (Phi) is 3.28. The minimum Gasteiger partial charge on any atom is -0.396 e. The van der Waals surface area contributed by atoms with Gasteiger partial charge in [-0.05, 0) is 18.8 Å². The molecule has 78 valence electrons. The zero-order chi connectivity index (χ0) is 10.1. The molecule has 0 bridgehead atoms. The lowest BCUT2D eigenvalue weighted by molar-refractivity contribution is 0.188. The summed E-state index contributed by atoms with van der Waals surface area (Å²) >= 11 is 0. The van der Waals surface area contributed by atoms with E-state index in [0.29, 0.717) is 12.8 Å². The number of aliphatic hydroxyl groups excluding tert-OH is 1. The maximum absolute atomic E-state index is 10.8. The Morgan fingerprint density at radius 1 is 1.54 bits per heavy atom. The van der Waals surface area contributed by atoms with Crippen LogP contribution in [-0.2, 0) is 14.3 Å². The topological polar surface area (TPSA) is 89.6 Å². The number of nitrogens with two attached hydrogens (primary N) is 1. The average molecular weight is 209 g/mol. The molecule has 0 unspecified atom stereocenters. The zero-order valence-electron chi connectivity index (χ0n) is 7.51. The standard InChI is InChI=1S/C7H15NO4S/c1-13(10,11)12-6-2-5(4-9)7(8)3-6/h5-7,9H,2-4,8H2,1H3/t5-,6-,7+/m0/s1. The third-order valence-electron chi connectivity index (χ3n) is 2.25. The molecule has 0 amide bonds. The van der Waals surface area contributed by atoms with Crippen molar-refractivity contribution in [3.05, 3.63) is 0 Å². The molecule has 1 saturated carbocycles. The maximum Gasteiger partial charge on any atom is 0.264 e. The van der Waals surface area contributed by atoms with Crippen molar-refractivity contribution in [1.29, 1.82) is 0 Å². The monoisotopic (exact) mass is 209 g/mol. The Hall–Kier alpha value is -0.170. The first-order valence-corrected chi connectivity index (χ1v) is 5.98. The van der Waals surface area contributed by atoms with E-state index < -0.39 is 10.1 Å². The van der Waals surface area contributed by atoms with Gasteiger partial charge < -0.3 is 10.8 Å². The highest BCUT2D eigenvalue weighted by Gasteiger charge is 2.33. The highest BCUT2D eigenvalue weighted by atomic mass is 32.2. The van der Waals surface area contributed by atoms with Crippen LogP contribution in [0.5, 0.6) is 0 Å². The van der Waals surface area contributed by atoms with E-state index in [1.165, 1.54) is 0 Å². The highest BCUT2D eigenvalue weighted by Crippen LogP contribution is 2.27. The molecule has 6 heteroatoms. The van der Waals surface area contributed by atoms with Crippen LogP contribution < -0.4 is 5.73 Å². The molecule has 3 N–H and O–H groups in total. The molecule has 1 rings (SSSR count). The van der Waals surface area contributed by atoms with Crippen LogP contribution in [0.15, 0.2) is 0 Å². The summed E-state index contributed by atoms with van der Waals surface area (Å²) in [5, 5.41) is 8.87. The second-order valence-electron chi connectivity index (χ2n) is 3.50. The summed E-state index contributed by atoms with van der Waals surface area (Å²) in [5.74, 6) is -0.0354. The summed E-state index contributed by atoms with van der Waals surface area (Å²) in [6.07, 6.45) is 1.68. The minimum atomic E-state index is -3.40. The molecule has 5 nitrogen and oxygen atoms in total. The summed E-state index contributed by atoms with van der Waals surface area (Å²) in [6.45, 7) is -0.00914. The van der Waals surface area contributed by atoms with Crippen molar-refractivity contribution in [3.63, 3.8) is 0 Å². The average Bonchev–Trinajstić information content (AvgIpc) is 2.26. The van der Waals surface area contributed by atoms with Gasteiger partial charge in [0, 0.05) is 12.6 Å². The summed E-state index contributed by atoms with van der Waals surface area (Å²) in [4.78, 5) is 0. The maximum atomic E-state index is 10.8. The quantitative estimate of drug-likeness (QED) is 0.586. The lowest BCUT2D eigenvalue weighted by atomic mass is 10.1. The molecule has 0 aromatic carbocycles. The molecule has 0 radical (unpaired) electrons. The third kappa shape index (κ3) is 3.22. The predicted molar refractivity (Wildman–Crippen MR) is 47.5 cm³/mol. The lowest BCUT2D eigenvalue weighted by Crippen LogP contribution is -2.26. The van der Waals surface area contributed by atoms with Gasteiger partial charge in [0.15, 0.2) is 0 Å². The van der Waals surface area contributed by atoms with Gasteiger partial charge in [-0.15, -0.1) is 0 Å². The van der Waals surface area contributed by atoms with Gasteiger partial charge in [0.25, 0.3) is 10.1 Å². The van der Waals surface area contributed by atoms with Gasteiger partial charge in [-0.2, -0.15) is 8.42 Å². The third-order valence-corrected chi connectivity index (χ3v) is 2.87. The molecule has 0 aliphatic heterocycles. The van der Waals surface area contributed by atoms with E-state index in [0.717, 1.165) is 6.26 Å². The normalized spacial score (nSPS) is 35.2. The first-order valence-electron chi connectivity index (χ1n) is 4.17. The van der Waals surface area contributed by atoms with Gasteiger partial charge in [-0.3, -0.25) is 4.18 Å². The van der Waals surface area contributed by atoms with Crippen molar-refractivity contribution in [2.45, 2.75) is 25.0 Å². The smallest absolute Gasteiger partial charge is 0.264 e. The van der Waals surface area contributed by atoms with E-state index in [4.69, 9.17) is 15.0 Å². The molecule has 3 atom stereocenters. The molecule has 0 heterocycles. The van der Waals surface area contributed by atoms with Crippen LogP contribution in [0.1, 0.15) is 12.8 Å². The molecule has 1 aliphatic rings. The van der Waals surface area contributed by atoms with Crippen molar-refractivity contribution in [3.8, 4) is 0 Å². The molecule has 1 fully saturated rings. The SMILES string of the molecule is CS(=O)(=O)O[C@H]1C[C@@H](CO)[C@H](N)C1. The fourth-order valence-electron chi connectivity index (χ4n) is 1.64. The fourth-order valence-corrected chi connectivity index (χ4v) is 2.29. The first-order chi connectivity index (χ1) is 5.92. The molecule has 0 spiro atoms. The summed E-state index contributed by atoms with van der Waals surface area (Å²) in [5.41, 5.74) is 5.66. The molecular formula is C7H15NO4S. The Morgan fingerprint density at radius 3 is 2.54 bits per heavy atom. The molecule has 0 aromatic heterocycles. The van der Waals surface area contributed by atoms with Crippen molar-refractivity contribution in [2.24, 2.45) is 11.7 Å². The van der Waals surface area contributed by atoms with Crippen LogP contribution in [0.3, 0.4) is 0 Å². The number of hydrogen-bond acceptors (Lipinski definition) is 5. The van der Waals surface area contributed by atoms with E-state index >= 15 is 0 Å². The van der Waals surface area contributed by atoms with Gasteiger partial charge in [-0.25, -0.2) is 0 Å². The van der Waals surface area contributed by atoms with Crippen LogP contribution in [0.2, 0.25) is 0 Å². The van der Waals surface area contributed by atoms with E-state index in [1.54, 1.807) is 0 Å². The van der Waals surface area contributed by atoms with E-state index in [2.05, 4.69) is 0 Å². The second-order valence-corrected chi connectivity index (χ2v) is 5.10. The van der Waals surface area contributed by atoms with Gasteiger partial charge in [0.2, 0.25) is 0 Å². The van der Waals surface area contributed by atoms with Gasteiger partial charge in [0.1, 0.15) is 0 Å².